The first-order valence-electron chi connectivity index (χ1n) is 14.5. The van der Waals surface area contributed by atoms with E-state index in [1.54, 1.807) is 0 Å². The van der Waals surface area contributed by atoms with Crippen molar-refractivity contribution in [3.8, 4) is 39.1 Å². The predicted molar refractivity (Wildman–Crippen MR) is 175 cm³/mol. The molecule has 2 aromatic heterocycles. The Morgan fingerprint density at radius 2 is 1.00 bits per heavy atom. The third-order valence-electron chi connectivity index (χ3n) is 9.16. The molecule has 0 saturated carbocycles. The van der Waals surface area contributed by atoms with Crippen molar-refractivity contribution in [2.45, 2.75) is 0 Å². The second-order valence-corrected chi connectivity index (χ2v) is 11.2. The Bertz CT molecular complexity index is 2550. The normalized spacial score (nSPS) is 12.3. The molecule has 0 spiro atoms. The van der Waals surface area contributed by atoms with Crippen LogP contribution >= 0.6 is 0 Å². The van der Waals surface area contributed by atoms with Crippen LogP contribution in [-0.2, 0) is 0 Å². The lowest BCUT2D eigenvalue weighted by molar-refractivity contribution is 0.671. The van der Waals surface area contributed by atoms with Crippen LogP contribution in [-0.4, -0.2) is 4.57 Å². The molecule has 2 heterocycles. The van der Waals surface area contributed by atoms with Gasteiger partial charge in [-0.25, -0.2) is 0 Å². The SMILES string of the molecule is c1ccc2c(c1)-c1cccc3c(-c4ccccc4-n4c5ccccc5c5ccc6c7ccccc7oc6c54)ccc-2c13. The summed E-state index contributed by atoms with van der Waals surface area (Å²) in [5.74, 6) is 0. The smallest absolute Gasteiger partial charge is 0.160 e. The standard InChI is InChI=1S/C40H23NO/c1-2-11-25-24(10-1)30-15-9-16-31-26(20-21-32(25)38(30)31)27-12-3-6-17-35(27)41-36-18-7-4-13-28(36)33-22-23-34-29-14-5-8-19-37(29)42-40(34)39(33)41/h1-23H. The highest BCUT2D eigenvalue weighted by atomic mass is 16.3. The quantitative estimate of drug-likeness (QED) is 0.216. The molecule has 0 unspecified atom stereocenters. The molecule has 2 heteroatoms. The molecule has 0 atom stereocenters. The lowest BCUT2D eigenvalue weighted by atomic mass is 9.93. The third kappa shape index (κ3) is 2.74. The van der Waals surface area contributed by atoms with Gasteiger partial charge in [-0.1, -0.05) is 115 Å². The molecule has 10 rings (SSSR count). The van der Waals surface area contributed by atoms with Crippen LogP contribution in [0.5, 0.6) is 0 Å². The van der Waals surface area contributed by atoms with E-state index < -0.39 is 0 Å². The van der Waals surface area contributed by atoms with Crippen molar-refractivity contribution in [3.63, 3.8) is 0 Å². The van der Waals surface area contributed by atoms with E-state index in [2.05, 4.69) is 138 Å². The van der Waals surface area contributed by atoms with Crippen molar-refractivity contribution in [3.05, 3.63) is 140 Å². The molecule has 194 valence electrons. The minimum absolute atomic E-state index is 0.914. The number of hydrogen-bond donors (Lipinski definition) is 0. The molecule has 0 fully saturated rings. The molecule has 0 N–H and O–H groups in total. The number of fused-ring (bicyclic) bond motifs is 10. The van der Waals surface area contributed by atoms with Gasteiger partial charge >= 0.3 is 0 Å². The van der Waals surface area contributed by atoms with Crippen molar-refractivity contribution in [2.24, 2.45) is 0 Å². The Hall–Kier alpha value is -5.60. The van der Waals surface area contributed by atoms with Gasteiger partial charge in [-0.3, -0.25) is 0 Å². The zero-order valence-electron chi connectivity index (χ0n) is 22.6. The zero-order valence-corrected chi connectivity index (χ0v) is 22.6. The Kier molecular flexibility index (Phi) is 4.21. The molecule has 0 bridgehead atoms. The second-order valence-electron chi connectivity index (χ2n) is 11.2. The molecule has 1 aliphatic carbocycles. The van der Waals surface area contributed by atoms with Crippen molar-refractivity contribution in [1.82, 2.24) is 4.57 Å². The average Bonchev–Trinajstić information content (AvgIpc) is 3.70. The van der Waals surface area contributed by atoms with Gasteiger partial charge in [0, 0.05) is 27.1 Å². The van der Waals surface area contributed by atoms with Gasteiger partial charge in [0.15, 0.2) is 5.58 Å². The summed E-state index contributed by atoms with van der Waals surface area (Å²) in [6.45, 7) is 0. The van der Waals surface area contributed by atoms with Gasteiger partial charge in [0.25, 0.3) is 0 Å². The number of hydrogen-bond acceptors (Lipinski definition) is 1. The fourth-order valence-corrected chi connectivity index (χ4v) is 7.42. The maximum Gasteiger partial charge on any atom is 0.160 e. The van der Waals surface area contributed by atoms with E-state index in [1.165, 1.54) is 60.4 Å². The van der Waals surface area contributed by atoms with Crippen LogP contribution in [0, 0.1) is 0 Å². The number of rotatable bonds is 2. The Morgan fingerprint density at radius 1 is 0.381 bits per heavy atom. The summed E-state index contributed by atoms with van der Waals surface area (Å²) in [6, 6.07) is 50.5. The first-order valence-corrected chi connectivity index (χ1v) is 14.5. The second kappa shape index (κ2) is 7.99. The number of nitrogens with zero attached hydrogens (tertiary/aromatic N) is 1. The number of para-hydroxylation sites is 3. The summed E-state index contributed by atoms with van der Waals surface area (Å²) < 4.78 is 9.05. The molecular formula is C40H23NO. The summed E-state index contributed by atoms with van der Waals surface area (Å²) in [7, 11) is 0. The zero-order chi connectivity index (χ0) is 27.4. The van der Waals surface area contributed by atoms with Crippen molar-refractivity contribution in [1.29, 1.82) is 0 Å². The molecular weight excluding hydrogens is 510 g/mol. The lowest BCUT2D eigenvalue weighted by Crippen LogP contribution is -1.98. The van der Waals surface area contributed by atoms with E-state index in [0.717, 1.165) is 33.1 Å². The van der Waals surface area contributed by atoms with Crippen LogP contribution in [0.1, 0.15) is 0 Å². The Morgan fingerprint density at radius 3 is 1.88 bits per heavy atom. The van der Waals surface area contributed by atoms with Crippen LogP contribution in [0.15, 0.2) is 144 Å². The molecule has 2 nitrogen and oxygen atoms in total. The largest absolute Gasteiger partial charge is 0.454 e. The van der Waals surface area contributed by atoms with E-state index in [0.29, 0.717) is 0 Å². The summed E-state index contributed by atoms with van der Waals surface area (Å²) in [4.78, 5) is 0. The van der Waals surface area contributed by atoms with Gasteiger partial charge in [-0.15, -0.1) is 0 Å². The van der Waals surface area contributed by atoms with Gasteiger partial charge in [0.2, 0.25) is 0 Å². The first-order chi connectivity index (χ1) is 20.9. The Balaban J connectivity index is 1.34. The molecule has 0 amide bonds. The molecule has 0 radical (unpaired) electrons. The van der Waals surface area contributed by atoms with Crippen LogP contribution in [0.25, 0.3) is 93.6 Å². The number of benzene rings is 7. The molecule has 7 aromatic carbocycles. The molecule has 42 heavy (non-hydrogen) atoms. The molecule has 9 aromatic rings. The first kappa shape index (κ1) is 22.1. The van der Waals surface area contributed by atoms with Crippen molar-refractivity contribution < 1.29 is 4.42 Å². The minimum atomic E-state index is 0.914. The number of aromatic nitrogens is 1. The number of furan rings is 1. The van der Waals surface area contributed by atoms with E-state index in [-0.39, 0.29) is 0 Å². The highest BCUT2D eigenvalue weighted by Gasteiger charge is 2.24. The lowest BCUT2D eigenvalue weighted by Gasteiger charge is -2.16. The van der Waals surface area contributed by atoms with Crippen molar-refractivity contribution >= 4 is 54.5 Å². The van der Waals surface area contributed by atoms with Crippen LogP contribution in [0.3, 0.4) is 0 Å². The predicted octanol–water partition coefficient (Wildman–Crippen LogP) is 11.2. The average molecular weight is 534 g/mol. The fraction of sp³-hybridized carbons (Fsp3) is 0. The highest BCUT2D eigenvalue weighted by molar-refractivity contribution is 6.22. The minimum Gasteiger partial charge on any atom is -0.454 e. The monoisotopic (exact) mass is 533 g/mol. The van der Waals surface area contributed by atoms with Gasteiger partial charge in [-0.2, -0.15) is 0 Å². The van der Waals surface area contributed by atoms with E-state index >= 15 is 0 Å². The maximum atomic E-state index is 6.63. The summed E-state index contributed by atoms with van der Waals surface area (Å²) in [6.07, 6.45) is 0. The van der Waals surface area contributed by atoms with Crippen LogP contribution < -0.4 is 0 Å². The van der Waals surface area contributed by atoms with Gasteiger partial charge in [0.1, 0.15) is 5.58 Å². The van der Waals surface area contributed by atoms with Crippen LogP contribution in [0.2, 0.25) is 0 Å². The van der Waals surface area contributed by atoms with E-state index in [4.69, 9.17) is 4.42 Å². The third-order valence-corrected chi connectivity index (χ3v) is 9.16. The van der Waals surface area contributed by atoms with E-state index in [9.17, 15) is 0 Å². The Labute approximate surface area is 241 Å². The summed E-state index contributed by atoms with van der Waals surface area (Å²) in [5.41, 5.74) is 13.0. The topological polar surface area (TPSA) is 18.1 Å². The highest BCUT2D eigenvalue weighted by Crippen LogP contribution is 2.50. The summed E-state index contributed by atoms with van der Waals surface area (Å²) >= 11 is 0. The van der Waals surface area contributed by atoms with Gasteiger partial charge < -0.3 is 8.98 Å². The van der Waals surface area contributed by atoms with E-state index in [1.807, 2.05) is 6.07 Å². The van der Waals surface area contributed by atoms with Crippen molar-refractivity contribution in [2.75, 3.05) is 0 Å². The maximum absolute atomic E-state index is 6.63. The molecule has 1 aliphatic rings. The molecule has 0 aliphatic heterocycles. The summed E-state index contributed by atoms with van der Waals surface area (Å²) in [5, 5.41) is 7.33. The van der Waals surface area contributed by atoms with Gasteiger partial charge in [-0.05, 0) is 62.9 Å². The molecule has 0 saturated heterocycles. The van der Waals surface area contributed by atoms with Crippen LogP contribution in [0.4, 0.5) is 0 Å². The fourth-order valence-electron chi connectivity index (χ4n) is 7.42. The van der Waals surface area contributed by atoms with Gasteiger partial charge in [0.05, 0.1) is 16.7 Å².